The van der Waals surface area contributed by atoms with Crippen LogP contribution in [-0.2, 0) is 0 Å². The van der Waals surface area contributed by atoms with Gasteiger partial charge in [-0.3, -0.25) is 0 Å². The Kier molecular flexibility index (Phi) is 6.51. The number of likely N-dealkylation sites (N-methyl/N-ethyl adjacent to an activating group) is 1. The fourth-order valence-electron chi connectivity index (χ4n) is 1.06. The van der Waals surface area contributed by atoms with Gasteiger partial charge in [-0.1, -0.05) is 13.8 Å². The number of aliphatic hydroxyl groups is 1. The maximum atomic E-state index is 9.36. The molecule has 0 aliphatic carbocycles. The van der Waals surface area contributed by atoms with E-state index in [4.69, 9.17) is 5.73 Å². The van der Waals surface area contributed by atoms with Crippen molar-refractivity contribution in [1.82, 2.24) is 4.90 Å². The van der Waals surface area contributed by atoms with Crippen LogP contribution in [0.3, 0.4) is 0 Å². The number of hydrogen-bond acceptors (Lipinski definition) is 3. The van der Waals surface area contributed by atoms with E-state index in [-0.39, 0.29) is 6.10 Å². The average Bonchev–Trinajstić information content (AvgIpc) is 2.01. The molecule has 0 aliphatic heterocycles. The quantitative estimate of drug-likeness (QED) is 0.576. The minimum Gasteiger partial charge on any atom is -0.392 e. The zero-order chi connectivity index (χ0) is 8.69. The lowest BCUT2D eigenvalue weighted by Crippen LogP contribution is -2.33. The van der Waals surface area contributed by atoms with Crippen molar-refractivity contribution in [1.29, 1.82) is 0 Å². The largest absolute Gasteiger partial charge is 0.392 e. The van der Waals surface area contributed by atoms with Gasteiger partial charge in [-0.15, -0.1) is 0 Å². The van der Waals surface area contributed by atoms with Crippen LogP contribution in [0.25, 0.3) is 0 Å². The van der Waals surface area contributed by atoms with Crippen LogP contribution in [0.15, 0.2) is 0 Å². The summed E-state index contributed by atoms with van der Waals surface area (Å²) in [5.74, 6) is 0. The smallest absolute Gasteiger partial charge is 0.0679 e. The van der Waals surface area contributed by atoms with Crippen molar-refractivity contribution in [3.05, 3.63) is 0 Å². The van der Waals surface area contributed by atoms with Gasteiger partial charge in [0.2, 0.25) is 0 Å². The molecule has 0 bridgehead atoms. The number of nitrogens with two attached hydrogens (primary N) is 1. The van der Waals surface area contributed by atoms with E-state index in [0.717, 1.165) is 19.6 Å². The molecule has 3 N–H and O–H groups in total. The molecule has 0 aromatic heterocycles. The number of hydrogen-bond donors (Lipinski definition) is 2. The van der Waals surface area contributed by atoms with Gasteiger partial charge in [-0.25, -0.2) is 0 Å². The van der Waals surface area contributed by atoms with Crippen molar-refractivity contribution < 1.29 is 5.11 Å². The van der Waals surface area contributed by atoms with Crippen LogP contribution < -0.4 is 5.73 Å². The standard InChI is InChI=1S/C8H20N2O/c1-3-10(4-2)7-8(11)5-6-9/h8,11H,3-7,9H2,1-2H3. The first-order valence-corrected chi connectivity index (χ1v) is 4.35. The molecule has 0 amide bonds. The normalized spacial score (nSPS) is 13.9. The van der Waals surface area contributed by atoms with Gasteiger partial charge in [0.25, 0.3) is 0 Å². The van der Waals surface area contributed by atoms with Gasteiger partial charge in [0, 0.05) is 6.54 Å². The van der Waals surface area contributed by atoms with Crippen molar-refractivity contribution in [2.75, 3.05) is 26.2 Å². The topological polar surface area (TPSA) is 49.5 Å². The van der Waals surface area contributed by atoms with Crippen LogP contribution in [-0.4, -0.2) is 42.3 Å². The second-order valence-corrected chi connectivity index (χ2v) is 2.72. The zero-order valence-electron chi connectivity index (χ0n) is 7.58. The number of nitrogens with zero attached hydrogens (tertiary/aromatic N) is 1. The summed E-state index contributed by atoms with van der Waals surface area (Å²) in [4.78, 5) is 2.19. The number of aliphatic hydroxyl groups excluding tert-OH is 1. The molecule has 0 heterocycles. The van der Waals surface area contributed by atoms with Crippen molar-refractivity contribution >= 4 is 0 Å². The Morgan fingerprint density at radius 1 is 1.36 bits per heavy atom. The molecule has 1 unspecified atom stereocenters. The van der Waals surface area contributed by atoms with Crippen LogP contribution in [0, 0.1) is 0 Å². The van der Waals surface area contributed by atoms with Crippen molar-refractivity contribution in [3.8, 4) is 0 Å². The molecule has 0 spiro atoms. The third kappa shape index (κ3) is 5.18. The average molecular weight is 160 g/mol. The van der Waals surface area contributed by atoms with Crippen molar-refractivity contribution in [2.45, 2.75) is 26.4 Å². The molecule has 3 heteroatoms. The van der Waals surface area contributed by atoms with Gasteiger partial charge in [0.15, 0.2) is 0 Å². The minimum absolute atomic E-state index is 0.250. The molecule has 68 valence electrons. The van der Waals surface area contributed by atoms with Crippen LogP contribution >= 0.6 is 0 Å². The highest BCUT2D eigenvalue weighted by Crippen LogP contribution is 1.94. The highest BCUT2D eigenvalue weighted by molar-refractivity contribution is 4.62. The van der Waals surface area contributed by atoms with E-state index in [1.54, 1.807) is 0 Å². The summed E-state index contributed by atoms with van der Waals surface area (Å²) >= 11 is 0. The predicted octanol–water partition coefficient (Wildman–Crippen LogP) is 0.0379. The summed E-state index contributed by atoms with van der Waals surface area (Å²) in [6.07, 6.45) is 0.455. The van der Waals surface area contributed by atoms with E-state index in [9.17, 15) is 5.11 Å². The summed E-state index contributed by atoms with van der Waals surface area (Å²) in [6, 6.07) is 0. The van der Waals surface area contributed by atoms with E-state index in [2.05, 4.69) is 18.7 Å². The molecule has 11 heavy (non-hydrogen) atoms. The molecule has 0 saturated carbocycles. The second kappa shape index (κ2) is 6.58. The molecule has 0 radical (unpaired) electrons. The summed E-state index contributed by atoms with van der Waals surface area (Å²) in [6.45, 7) is 7.51. The third-order valence-electron chi connectivity index (χ3n) is 1.86. The Bertz CT molecular complexity index is 84.2. The second-order valence-electron chi connectivity index (χ2n) is 2.72. The molecule has 3 nitrogen and oxygen atoms in total. The summed E-state index contributed by atoms with van der Waals surface area (Å²) in [5.41, 5.74) is 5.31. The fraction of sp³-hybridized carbons (Fsp3) is 1.00. The van der Waals surface area contributed by atoms with Crippen molar-refractivity contribution in [3.63, 3.8) is 0 Å². The predicted molar refractivity (Wildman–Crippen MR) is 47.5 cm³/mol. The van der Waals surface area contributed by atoms with Gasteiger partial charge < -0.3 is 15.7 Å². The Balaban J connectivity index is 3.44. The molecular weight excluding hydrogens is 140 g/mol. The summed E-state index contributed by atoms with van der Waals surface area (Å²) < 4.78 is 0. The Morgan fingerprint density at radius 2 is 1.91 bits per heavy atom. The summed E-state index contributed by atoms with van der Waals surface area (Å²) in [7, 11) is 0. The van der Waals surface area contributed by atoms with E-state index in [1.807, 2.05) is 0 Å². The molecule has 1 atom stereocenters. The lowest BCUT2D eigenvalue weighted by molar-refractivity contribution is 0.113. The molecule has 0 saturated heterocycles. The van der Waals surface area contributed by atoms with Crippen LogP contribution in [0.5, 0.6) is 0 Å². The minimum atomic E-state index is -0.250. The third-order valence-corrected chi connectivity index (χ3v) is 1.86. The van der Waals surface area contributed by atoms with Gasteiger partial charge in [-0.05, 0) is 26.1 Å². The van der Waals surface area contributed by atoms with Crippen LogP contribution in [0.4, 0.5) is 0 Å². The maximum Gasteiger partial charge on any atom is 0.0679 e. The van der Waals surface area contributed by atoms with Gasteiger partial charge in [0.1, 0.15) is 0 Å². The van der Waals surface area contributed by atoms with Gasteiger partial charge in [-0.2, -0.15) is 0 Å². The zero-order valence-corrected chi connectivity index (χ0v) is 7.58. The van der Waals surface area contributed by atoms with Gasteiger partial charge in [0.05, 0.1) is 6.10 Å². The molecule has 0 aromatic carbocycles. The first kappa shape index (κ1) is 10.9. The van der Waals surface area contributed by atoms with Gasteiger partial charge >= 0.3 is 0 Å². The monoisotopic (exact) mass is 160 g/mol. The molecule has 0 rings (SSSR count). The highest BCUT2D eigenvalue weighted by atomic mass is 16.3. The lowest BCUT2D eigenvalue weighted by atomic mass is 10.2. The van der Waals surface area contributed by atoms with E-state index in [0.29, 0.717) is 13.0 Å². The Labute approximate surface area is 69.2 Å². The lowest BCUT2D eigenvalue weighted by Gasteiger charge is -2.21. The van der Waals surface area contributed by atoms with E-state index >= 15 is 0 Å². The summed E-state index contributed by atoms with van der Waals surface area (Å²) in [5, 5.41) is 9.36. The van der Waals surface area contributed by atoms with Crippen molar-refractivity contribution in [2.24, 2.45) is 5.73 Å². The highest BCUT2D eigenvalue weighted by Gasteiger charge is 2.06. The Hall–Kier alpha value is -0.120. The molecule has 0 aliphatic rings. The number of rotatable bonds is 6. The molecule has 0 aromatic rings. The SMILES string of the molecule is CCN(CC)CC(O)CCN. The van der Waals surface area contributed by atoms with E-state index in [1.165, 1.54) is 0 Å². The van der Waals surface area contributed by atoms with E-state index < -0.39 is 0 Å². The first-order chi connectivity index (χ1) is 5.24. The Morgan fingerprint density at radius 3 is 2.27 bits per heavy atom. The van der Waals surface area contributed by atoms with Crippen LogP contribution in [0.1, 0.15) is 20.3 Å². The van der Waals surface area contributed by atoms with Crippen LogP contribution in [0.2, 0.25) is 0 Å². The molecular formula is C8H20N2O. The maximum absolute atomic E-state index is 9.36. The first-order valence-electron chi connectivity index (χ1n) is 4.35. The fourth-order valence-corrected chi connectivity index (χ4v) is 1.06. The molecule has 0 fully saturated rings.